The summed E-state index contributed by atoms with van der Waals surface area (Å²) < 4.78 is 28.5. The first-order valence-corrected chi connectivity index (χ1v) is 10.4. The third-order valence-corrected chi connectivity index (χ3v) is 5.51. The number of anilines is 1. The summed E-state index contributed by atoms with van der Waals surface area (Å²) in [4.78, 5) is 52.8. The number of para-hydroxylation sites is 1. The molecule has 0 aromatic heterocycles. The standard InChI is InChI=1S/C24H16ClF2N3O4/c25-16-9-3-6-12-19(16)29-21(31)13-20(24(29)34)30(23(33)15-8-2-5-11-18(15)27)28-22(32)14-7-1-4-10-17(14)26/h1-12,20H,13H2,(H,28,32). The quantitative estimate of drug-likeness (QED) is 0.452. The van der Waals surface area contributed by atoms with E-state index in [0.717, 1.165) is 23.1 Å². The molecule has 0 radical (unpaired) electrons. The fourth-order valence-corrected chi connectivity index (χ4v) is 3.77. The van der Waals surface area contributed by atoms with Crippen molar-refractivity contribution in [3.05, 3.63) is 101 Å². The normalized spacial score (nSPS) is 15.4. The van der Waals surface area contributed by atoms with E-state index < -0.39 is 58.9 Å². The molecule has 1 unspecified atom stereocenters. The van der Waals surface area contributed by atoms with Gasteiger partial charge in [0.2, 0.25) is 5.91 Å². The first-order chi connectivity index (χ1) is 16.3. The van der Waals surface area contributed by atoms with Crippen LogP contribution in [-0.2, 0) is 9.59 Å². The Labute approximate surface area is 197 Å². The Morgan fingerprint density at radius 3 is 2.06 bits per heavy atom. The number of carbonyl (C=O) groups is 4. The highest BCUT2D eigenvalue weighted by Crippen LogP contribution is 2.31. The van der Waals surface area contributed by atoms with Crippen LogP contribution in [0.3, 0.4) is 0 Å². The van der Waals surface area contributed by atoms with Crippen LogP contribution in [0.15, 0.2) is 72.8 Å². The molecule has 34 heavy (non-hydrogen) atoms. The van der Waals surface area contributed by atoms with E-state index in [9.17, 15) is 28.0 Å². The zero-order valence-corrected chi connectivity index (χ0v) is 18.1. The van der Waals surface area contributed by atoms with E-state index in [0.29, 0.717) is 5.01 Å². The summed E-state index contributed by atoms with van der Waals surface area (Å²) >= 11 is 6.14. The Morgan fingerprint density at radius 2 is 1.44 bits per heavy atom. The predicted octanol–water partition coefficient (Wildman–Crippen LogP) is 3.74. The first-order valence-electron chi connectivity index (χ1n) is 10.0. The van der Waals surface area contributed by atoms with E-state index in [1.807, 2.05) is 0 Å². The molecule has 0 aliphatic carbocycles. The van der Waals surface area contributed by atoms with E-state index in [4.69, 9.17) is 11.6 Å². The van der Waals surface area contributed by atoms with Gasteiger partial charge in [-0.05, 0) is 36.4 Å². The number of nitrogens with zero attached hydrogens (tertiary/aromatic N) is 2. The van der Waals surface area contributed by atoms with E-state index in [-0.39, 0.29) is 10.7 Å². The molecule has 1 N–H and O–H groups in total. The minimum Gasteiger partial charge on any atom is -0.274 e. The van der Waals surface area contributed by atoms with Crippen LogP contribution >= 0.6 is 11.6 Å². The molecule has 7 nitrogen and oxygen atoms in total. The zero-order valence-electron chi connectivity index (χ0n) is 17.4. The highest BCUT2D eigenvalue weighted by atomic mass is 35.5. The molecule has 3 aromatic carbocycles. The van der Waals surface area contributed by atoms with Crippen LogP contribution in [0.1, 0.15) is 27.1 Å². The van der Waals surface area contributed by atoms with Crippen LogP contribution in [-0.4, -0.2) is 34.7 Å². The fraction of sp³-hybridized carbons (Fsp3) is 0.0833. The van der Waals surface area contributed by atoms with Gasteiger partial charge < -0.3 is 0 Å². The number of amides is 4. The van der Waals surface area contributed by atoms with Crippen molar-refractivity contribution in [3.8, 4) is 0 Å². The number of nitrogens with one attached hydrogen (secondary N) is 1. The van der Waals surface area contributed by atoms with Gasteiger partial charge in [0.25, 0.3) is 17.7 Å². The molecule has 3 aromatic rings. The molecule has 1 saturated heterocycles. The second kappa shape index (κ2) is 9.40. The lowest BCUT2D eigenvalue weighted by Gasteiger charge is -2.28. The number of rotatable bonds is 4. The maximum Gasteiger partial charge on any atom is 0.276 e. The Kier molecular flexibility index (Phi) is 6.38. The number of carbonyl (C=O) groups excluding carboxylic acids is 4. The Bertz CT molecular complexity index is 1320. The number of hydrogen-bond acceptors (Lipinski definition) is 4. The fourth-order valence-electron chi connectivity index (χ4n) is 3.55. The number of benzene rings is 3. The molecule has 1 aliphatic heterocycles. The number of hydrogen-bond donors (Lipinski definition) is 1. The number of imide groups is 1. The molecule has 1 heterocycles. The van der Waals surface area contributed by atoms with Crippen molar-refractivity contribution < 1.29 is 28.0 Å². The van der Waals surface area contributed by atoms with Gasteiger partial charge >= 0.3 is 0 Å². The van der Waals surface area contributed by atoms with Crippen molar-refractivity contribution in [1.29, 1.82) is 0 Å². The molecule has 0 saturated carbocycles. The minimum absolute atomic E-state index is 0.0976. The average Bonchev–Trinajstić information content (AvgIpc) is 3.11. The first kappa shape index (κ1) is 23.1. The maximum atomic E-state index is 14.4. The third-order valence-electron chi connectivity index (χ3n) is 5.19. The summed E-state index contributed by atoms with van der Waals surface area (Å²) in [7, 11) is 0. The summed E-state index contributed by atoms with van der Waals surface area (Å²) in [5.41, 5.74) is 1.42. The van der Waals surface area contributed by atoms with Crippen molar-refractivity contribution in [3.63, 3.8) is 0 Å². The molecule has 10 heteroatoms. The smallest absolute Gasteiger partial charge is 0.274 e. The summed E-state index contributed by atoms with van der Waals surface area (Å²) in [5, 5.41) is 0.678. The van der Waals surface area contributed by atoms with E-state index in [2.05, 4.69) is 5.43 Å². The predicted molar refractivity (Wildman–Crippen MR) is 119 cm³/mol. The van der Waals surface area contributed by atoms with Crippen LogP contribution in [0.4, 0.5) is 14.5 Å². The molecule has 1 aliphatic rings. The minimum atomic E-state index is -1.52. The van der Waals surface area contributed by atoms with Gasteiger partial charge in [0, 0.05) is 0 Å². The van der Waals surface area contributed by atoms with Crippen LogP contribution in [0.5, 0.6) is 0 Å². The lowest BCUT2D eigenvalue weighted by Crippen LogP contribution is -2.55. The van der Waals surface area contributed by atoms with E-state index in [1.165, 1.54) is 42.5 Å². The van der Waals surface area contributed by atoms with E-state index >= 15 is 0 Å². The average molecular weight is 484 g/mol. The van der Waals surface area contributed by atoms with Gasteiger partial charge in [0.15, 0.2) is 0 Å². The number of halogens is 3. The molecular weight excluding hydrogens is 468 g/mol. The van der Waals surface area contributed by atoms with Crippen molar-refractivity contribution in [2.24, 2.45) is 0 Å². The van der Waals surface area contributed by atoms with Crippen molar-refractivity contribution >= 4 is 40.9 Å². The lowest BCUT2D eigenvalue weighted by molar-refractivity contribution is -0.122. The topological polar surface area (TPSA) is 86.8 Å². The SMILES string of the molecule is O=C(NN(C(=O)c1ccccc1F)C1CC(=O)N(c2ccccc2Cl)C1=O)c1ccccc1F. The van der Waals surface area contributed by atoms with Gasteiger partial charge in [-0.1, -0.05) is 48.0 Å². The van der Waals surface area contributed by atoms with Gasteiger partial charge in [-0.15, -0.1) is 0 Å². The monoisotopic (exact) mass is 483 g/mol. The molecule has 0 bridgehead atoms. The summed E-state index contributed by atoms with van der Waals surface area (Å²) in [6.45, 7) is 0. The molecular formula is C24H16ClF2N3O4. The van der Waals surface area contributed by atoms with Crippen LogP contribution in [0.25, 0.3) is 0 Å². The molecule has 4 rings (SSSR count). The van der Waals surface area contributed by atoms with Crippen molar-refractivity contribution in [2.45, 2.75) is 12.5 Å². The molecule has 0 spiro atoms. The second-order valence-corrected chi connectivity index (χ2v) is 7.72. The Balaban J connectivity index is 1.73. The van der Waals surface area contributed by atoms with Gasteiger partial charge in [-0.3, -0.25) is 24.6 Å². The van der Waals surface area contributed by atoms with Gasteiger partial charge in [-0.2, -0.15) is 0 Å². The van der Waals surface area contributed by atoms with Crippen molar-refractivity contribution in [2.75, 3.05) is 4.90 Å². The molecule has 172 valence electrons. The summed E-state index contributed by atoms with van der Waals surface area (Å²) in [5.74, 6) is -5.47. The van der Waals surface area contributed by atoms with Crippen LogP contribution in [0, 0.1) is 11.6 Å². The molecule has 4 amide bonds. The van der Waals surface area contributed by atoms with Gasteiger partial charge in [-0.25, -0.2) is 18.7 Å². The highest BCUT2D eigenvalue weighted by molar-refractivity contribution is 6.36. The zero-order chi connectivity index (χ0) is 24.4. The number of hydrazine groups is 1. The molecule has 1 atom stereocenters. The van der Waals surface area contributed by atoms with Crippen LogP contribution < -0.4 is 10.3 Å². The lowest BCUT2D eigenvalue weighted by atomic mass is 10.1. The summed E-state index contributed by atoms with van der Waals surface area (Å²) in [6, 6.07) is 14.5. The van der Waals surface area contributed by atoms with Crippen LogP contribution in [0.2, 0.25) is 5.02 Å². The maximum absolute atomic E-state index is 14.4. The largest absolute Gasteiger partial charge is 0.276 e. The highest BCUT2D eigenvalue weighted by Gasteiger charge is 2.46. The second-order valence-electron chi connectivity index (χ2n) is 7.31. The third kappa shape index (κ3) is 4.25. The van der Waals surface area contributed by atoms with Gasteiger partial charge in [0.1, 0.15) is 17.7 Å². The van der Waals surface area contributed by atoms with E-state index in [1.54, 1.807) is 12.1 Å². The van der Waals surface area contributed by atoms with Gasteiger partial charge in [0.05, 0.1) is 28.3 Å². The Morgan fingerprint density at radius 1 is 0.882 bits per heavy atom. The molecule has 1 fully saturated rings. The summed E-state index contributed by atoms with van der Waals surface area (Å²) in [6.07, 6.45) is -0.512. The Hall–Kier alpha value is -4.11. The van der Waals surface area contributed by atoms with Crippen molar-refractivity contribution in [1.82, 2.24) is 10.4 Å².